The summed E-state index contributed by atoms with van der Waals surface area (Å²) in [6.07, 6.45) is 3.42. The first-order chi connectivity index (χ1) is 14.7. The summed E-state index contributed by atoms with van der Waals surface area (Å²) in [5.74, 6) is 0.790. The van der Waals surface area contributed by atoms with Crippen LogP contribution in [0.25, 0.3) is 16.9 Å². The number of ether oxygens (including phenoxy) is 2. The normalized spacial score (nSPS) is 10.5. The Kier molecular flexibility index (Phi) is 5.43. The number of hydrogen-bond donors (Lipinski definition) is 1. The first kappa shape index (κ1) is 19.2. The van der Waals surface area contributed by atoms with Gasteiger partial charge in [0, 0.05) is 29.7 Å². The van der Waals surface area contributed by atoms with Gasteiger partial charge < -0.3 is 14.8 Å². The quantitative estimate of drug-likeness (QED) is 0.525. The van der Waals surface area contributed by atoms with E-state index in [0.29, 0.717) is 22.9 Å². The largest absolute Gasteiger partial charge is 0.493 e. The molecule has 2 aromatic carbocycles. The van der Waals surface area contributed by atoms with Crippen LogP contribution >= 0.6 is 0 Å². The number of amides is 1. The van der Waals surface area contributed by atoms with Crippen molar-refractivity contribution in [1.29, 1.82) is 0 Å². The number of nitrogens with zero attached hydrogens (tertiary/aromatic N) is 3. The van der Waals surface area contributed by atoms with Crippen molar-refractivity contribution in [3.63, 3.8) is 0 Å². The van der Waals surface area contributed by atoms with E-state index in [1.807, 2.05) is 42.5 Å². The molecule has 150 valence electrons. The molecule has 4 aromatic rings. The molecular formula is C23H20N4O3. The van der Waals surface area contributed by atoms with Crippen molar-refractivity contribution in [3.8, 4) is 28.4 Å². The number of nitrogens with one attached hydrogen (secondary N) is 1. The molecule has 7 heteroatoms. The van der Waals surface area contributed by atoms with Crippen LogP contribution in [0.3, 0.4) is 0 Å². The first-order valence-electron chi connectivity index (χ1n) is 9.29. The van der Waals surface area contributed by atoms with Gasteiger partial charge in [-0.3, -0.25) is 9.78 Å². The monoisotopic (exact) mass is 400 g/mol. The van der Waals surface area contributed by atoms with E-state index in [-0.39, 0.29) is 5.91 Å². The van der Waals surface area contributed by atoms with E-state index in [1.165, 1.54) is 0 Å². The van der Waals surface area contributed by atoms with E-state index in [4.69, 9.17) is 9.47 Å². The number of para-hydroxylation sites is 1. The number of carbonyl (C=O) groups excluding carboxylic acids is 1. The highest BCUT2D eigenvalue weighted by Crippen LogP contribution is 2.30. The minimum Gasteiger partial charge on any atom is -0.493 e. The third-order valence-corrected chi connectivity index (χ3v) is 4.56. The number of pyridine rings is 1. The molecule has 0 unspecified atom stereocenters. The third kappa shape index (κ3) is 3.86. The molecule has 7 nitrogen and oxygen atoms in total. The van der Waals surface area contributed by atoms with Crippen LogP contribution in [0.1, 0.15) is 10.5 Å². The zero-order valence-corrected chi connectivity index (χ0v) is 16.6. The summed E-state index contributed by atoms with van der Waals surface area (Å²) in [4.78, 5) is 17.0. The fourth-order valence-corrected chi connectivity index (χ4v) is 3.10. The van der Waals surface area contributed by atoms with Crippen LogP contribution in [0.2, 0.25) is 0 Å². The summed E-state index contributed by atoms with van der Waals surface area (Å²) in [6, 6.07) is 20.4. The topological polar surface area (TPSA) is 78.3 Å². The van der Waals surface area contributed by atoms with Gasteiger partial charge in [-0.05, 0) is 42.5 Å². The Morgan fingerprint density at radius 3 is 2.33 bits per heavy atom. The van der Waals surface area contributed by atoms with Crippen LogP contribution in [-0.4, -0.2) is 34.9 Å². The Labute approximate surface area is 173 Å². The minimum absolute atomic E-state index is 0.292. The lowest BCUT2D eigenvalue weighted by molar-refractivity contribution is 0.102. The zero-order chi connectivity index (χ0) is 20.9. The molecule has 1 amide bonds. The molecule has 0 aliphatic rings. The van der Waals surface area contributed by atoms with Crippen molar-refractivity contribution >= 4 is 11.6 Å². The maximum Gasteiger partial charge on any atom is 0.276 e. The summed E-state index contributed by atoms with van der Waals surface area (Å²) in [5, 5.41) is 7.42. The number of hydrogen-bond acceptors (Lipinski definition) is 5. The Hall–Kier alpha value is -4.13. The van der Waals surface area contributed by atoms with Gasteiger partial charge in [0.2, 0.25) is 0 Å². The highest BCUT2D eigenvalue weighted by atomic mass is 16.5. The van der Waals surface area contributed by atoms with Crippen molar-refractivity contribution in [2.45, 2.75) is 0 Å². The average molecular weight is 400 g/mol. The van der Waals surface area contributed by atoms with Gasteiger partial charge in [-0.15, -0.1) is 0 Å². The molecule has 0 spiro atoms. The summed E-state index contributed by atoms with van der Waals surface area (Å²) >= 11 is 0. The molecule has 1 N–H and O–H groups in total. The maximum atomic E-state index is 12.9. The van der Waals surface area contributed by atoms with Crippen molar-refractivity contribution in [1.82, 2.24) is 14.8 Å². The SMILES string of the molecule is COc1ccc(NC(=O)c2cc(-c3ccncc3)n(-c3ccccc3)n2)cc1OC. The molecular weight excluding hydrogens is 380 g/mol. The van der Waals surface area contributed by atoms with Crippen LogP contribution in [0, 0.1) is 0 Å². The Morgan fingerprint density at radius 1 is 0.900 bits per heavy atom. The lowest BCUT2D eigenvalue weighted by Gasteiger charge is -2.10. The summed E-state index contributed by atoms with van der Waals surface area (Å²) in [5.41, 5.74) is 3.43. The van der Waals surface area contributed by atoms with Crippen molar-refractivity contribution in [2.24, 2.45) is 0 Å². The fraction of sp³-hybridized carbons (Fsp3) is 0.0870. The van der Waals surface area contributed by atoms with Gasteiger partial charge >= 0.3 is 0 Å². The number of aromatic nitrogens is 3. The van der Waals surface area contributed by atoms with Crippen molar-refractivity contribution in [2.75, 3.05) is 19.5 Å². The molecule has 0 bridgehead atoms. The predicted octanol–water partition coefficient (Wildman–Crippen LogP) is 4.20. The fourth-order valence-electron chi connectivity index (χ4n) is 3.10. The molecule has 0 saturated heterocycles. The van der Waals surface area contributed by atoms with E-state index in [1.54, 1.807) is 55.6 Å². The maximum absolute atomic E-state index is 12.9. The average Bonchev–Trinajstić information content (AvgIpc) is 3.26. The molecule has 0 atom stereocenters. The molecule has 0 aliphatic heterocycles. The molecule has 0 aliphatic carbocycles. The van der Waals surface area contributed by atoms with Crippen LogP contribution in [-0.2, 0) is 0 Å². The van der Waals surface area contributed by atoms with Crippen LogP contribution in [0.5, 0.6) is 11.5 Å². The molecule has 4 rings (SSSR count). The second-order valence-electron chi connectivity index (χ2n) is 6.42. The predicted molar refractivity (Wildman–Crippen MR) is 114 cm³/mol. The molecule has 0 fully saturated rings. The lowest BCUT2D eigenvalue weighted by atomic mass is 10.1. The second kappa shape index (κ2) is 8.48. The van der Waals surface area contributed by atoms with Crippen LogP contribution in [0.15, 0.2) is 79.1 Å². The van der Waals surface area contributed by atoms with Crippen molar-refractivity contribution < 1.29 is 14.3 Å². The Morgan fingerprint density at radius 2 is 1.63 bits per heavy atom. The number of anilines is 1. The summed E-state index contributed by atoms with van der Waals surface area (Å²) in [6.45, 7) is 0. The van der Waals surface area contributed by atoms with Gasteiger partial charge in [-0.2, -0.15) is 5.10 Å². The Balaban J connectivity index is 1.69. The van der Waals surface area contributed by atoms with Gasteiger partial charge in [0.1, 0.15) is 0 Å². The zero-order valence-electron chi connectivity index (χ0n) is 16.6. The van der Waals surface area contributed by atoms with Gasteiger partial charge in [-0.25, -0.2) is 4.68 Å². The van der Waals surface area contributed by atoms with Crippen LogP contribution < -0.4 is 14.8 Å². The molecule has 30 heavy (non-hydrogen) atoms. The summed E-state index contributed by atoms with van der Waals surface area (Å²) < 4.78 is 12.3. The van der Waals surface area contributed by atoms with E-state index >= 15 is 0 Å². The van der Waals surface area contributed by atoms with E-state index < -0.39 is 0 Å². The molecule has 2 heterocycles. The molecule has 0 radical (unpaired) electrons. The lowest BCUT2D eigenvalue weighted by Crippen LogP contribution is -2.13. The van der Waals surface area contributed by atoms with Crippen LogP contribution in [0.4, 0.5) is 5.69 Å². The second-order valence-corrected chi connectivity index (χ2v) is 6.42. The highest BCUT2D eigenvalue weighted by Gasteiger charge is 2.17. The minimum atomic E-state index is -0.327. The van der Waals surface area contributed by atoms with E-state index in [2.05, 4.69) is 15.4 Å². The summed E-state index contributed by atoms with van der Waals surface area (Å²) in [7, 11) is 3.11. The standard InChI is InChI=1S/C23H20N4O3/c1-29-21-9-8-17(14-22(21)30-2)25-23(28)19-15-20(16-10-12-24-13-11-16)27(26-19)18-6-4-3-5-7-18/h3-15H,1-2H3,(H,25,28). The van der Waals surface area contributed by atoms with Crippen molar-refractivity contribution in [3.05, 3.63) is 84.8 Å². The molecule has 0 saturated carbocycles. The van der Waals surface area contributed by atoms with Gasteiger partial charge in [0.25, 0.3) is 5.91 Å². The van der Waals surface area contributed by atoms with E-state index in [9.17, 15) is 4.79 Å². The number of benzene rings is 2. The van der Waals surface area contributed by atoms with Gasteiger partial charge in [0.15, 0.2) is 17.2 Å². The van der Waals surface area contributed by atoms with Gasteiger partial charge in [-0.1, -0.05) is 18.2 Å². The Bertz CT molecular complexity index is 1100. The number of rotatable bonds is 6. The smallest absolute Gasteiger partial charge is 0.276 e. The van der Waals surface area contributed by atoms with E-state index in [0.717, 1.165) is 16.9 Å². The van der Waals surface area contributed by atoms with Gasteiger partial charge in [0.05, 0.1) is 25.6 Å². The number of carbonyl (C=O) groups is 1. The number of methoxy groups -OCH3 is 2. The first-order valence-corrected chi connectivity index (χ1v) is 9.29. The molecule has 2 aromatic heterocycles. The highest BCUT2D eigenvalue weighted by molar-refractivity contribution is 6.03. The third-order valence-electron chi connectivity index (χ3n) is 4.56.